The second-order valence-electron chi connectivity index (χ2n) is 14.6. The highest BCUT2D eigenvalue weighted by atomic mass is 32.2. The first-order valence-corrected chi connectivity index (χ1v) is 20.8. The topological polar surface area (TPSA) is 0 Å². The zero-order valence-electron chi connectivity index (χ0n) is 30.0. The Morgan fingerprint density at radius 1 is 0.426 bits per heavy atom. The van der Waals surface area contributed by atoms with Crippen LogP contribution in [0.4, 0.5) is 0 Å². The summed E-state index contributed by atoms with van der Waals surface area (Å²) in [4.78, 5) is 1.39. The van der Waals surface area contributed by atoms with Gasteiger partial charge in [-0.25, -0.2) is 0 Å². The summed E-state index contributed by atoms with van der Waals surface area (Å²) in [5.74, 6) is 0.972. The van der Waals surface area contributed by atoms with E-state index in [0.29, 0.717) is 0 Å². The van der Waals surface area contributed by atoms with Gasteiger partial charge in [-0.1, -0.05) is 146 Å². The smallest absolute Gasteiger partial charge is 0.0241 e. The van der Waals surface area contributed by atoms with Crippen LogP contribution in [0.5, 0.6) is 0 Å². The van der Waals surface area contributed by atoms with E-state index >= 15 is 0 Å². The van der Waals surface area contributed by atoms with E-state index in [4.69, 9.17) is 0 Å². The van der Waals surface area contributed by atoms with Crippen molar-refractivity contribution in [3.05, 3.63) is 185 Å². The number of hydrogen-bond donors (Lipinski definition) is 0. The van der Waals surface area contributed by atoms with Crippen molar-refractivity contribution in [1.29, 1.82) is 0 Å². The van der Waals surface area contributed by atoms with Crippen molar-refractivity contribution in [2.24, 2.45) is 0 Å². The largest absolute Gasteiger partial charge is 0.151 e. The Morgan fingerprint density at radius 2 is 0.944 bits per heavy atom. The summed E-state index contributed by atoms with van der Waals surface area (Å²) < 4.78 is 0. The zero-order chi connectivity index (χ0) is 35.8. The van der Waals surface area contributed by atoms with E-state index in [0.717, 1.165) is 18.6 Å². The van der Waals surface area contributed by atoms with E-state index < -0.39 is 0 Å². The van der Waals surface area contributed by atoms with Crippen LogP contribution in [-0.4, -0.2) is 5.75 Å². The third kappa shape index (κ3) is 4.77. The highest BCUT2D eigenvalue weighted by Gasteiger charge is 2.30. The first kappa shape index (κ1) is 31.8. The van der Waals surface area contributed by atoms with Crippen molar-refractivity contribution in [1.82, 2.24) is 0 Å². The minimum absolute atomic E-state index is 0.972. The molecule has 2 heterocycles. The predicted octanol–water partition coefficient (Wildman–Crippen LogP) is 15.4. The average molecular weight is 725 g/mol. The van der Waals surface area contributed by atoms with Crippen LogP contribution in [0, 0.1) is 6.92 Å². The normalized spacial score (nSPS) is 14.1. The summed E-state index contributed by atoms with van der Waals surface area (Å²) in [5, 5.41) is 15.2. The second-order valence-corrected chi connectivity index (χ2v) is 16.4. The molecule has 0 saturated carbocycles. The molecule has 2 heteroatoms. The van der Waals surface area contributed by atoms with Crippen molar-refractivity contribution in [2.45, 2.75) is 24.7 Å². The summed E-state index contributed by atoms with van der Waals surface area (Å²) in [6.07, 6.45) is 4.62. The molecule has 0 bridgehead atoms. The van der Waals surface area contributed by atoms with Gasteiger partial charge in [0, 0.05) is 10.6 Å². The van der Waals surface area contributed by atoms with Crippen molar-refractivity contribution >= 4 is 77.3 Å². The molecule has 0 amide bonds. The lowest BCUT2D eigenvalue weighted by Crippen LogP contribution is -2.10. The average Bonchev–Trinajstić information content (AvgIpc) is 3.66. The standard InChI is InChI=1S/C52H36S2/c1-32-29-53-30-45(32)51-40-23-11-9-21-38(40)49(39-22-10-12-24-41(39)51)42-25-13-26-43-46(42)31-54-47-28-14-27-44(52(43)47)50-36-19-7-5-17-34(36)48(33-15-3-2-4-16-33)35-18-6-8-20-37(35)50/h2-12,14-25,27-30H,13,26,31H2,1H3. The minimum Gasteiger partial charge on any atom is -0.151 e. The van der Waals surface area contributed by atoms with Crippen LogP contribution < -0.4 is 0 Å². The third-order valence-electron chi connectivity index (χ3n) is 11.7. The lowest BCUT2D eigenvalue weighted by molar-refractivity contribution is 1.03. The number of allylic oxidation sites excluding steroid dienone is 3. The van der Waals surface area contributed by atoms with Crippen LogP contribution in [0.3, 0.4) is 0 Å². The van der Waals surface area contributed by atoms with Crippen LogP contribution in [-0.2, 0) is 0 Å². The van der Waals surface area contributed by atoms with Crippen LogP contribution in [0.1, 0.15) is 29.5 Å². The van der Waals surface area contributed by atoms with Crippen LogP contribution in [0.15, 0.2) is 173 Å². The Bertz CT molecular complexity index is 2930. The number of fused-ring (bicyclic) bond motifs is 6. The molecule has 8 aromatic carbocycles. The Morgan fingerprint density at radius 3 is 1.50 bits per heavy atom. The first-order valence-electron chi connectivity index (χ1n) is 18.9. The van der Waals surface area contributed by atoms with Gasteiger partial charge in [-0.15, -0.1) is 11.8 Å². The van der Waals surface area contributed by atoms with Gasteiger partial charge in [-0.05, 0) is 146 Å². The van der Waals surface area contributed by atoms with E-state index in [1.165, 1.54) is 115 Å². The minimum atomic E-state index is 0.972. The second kappa shape index (κ2) is 12.7. The number of thioether (sulfide) groups is 1. The molecule has 0 spiro atoms. The molecule has 0 atom stereocenters. The quantitative estimate of drug-likeness (QED) is 0.163. The Labute approximate surface area is 324 Å². The molecule has 0 fully saturated rings. The molecule has 1 aromatic heterocycles. The maximum atomic E-state index is 2.55. The number of rotatable bonds is 4. The van der Waals surface area contributed by atoms with Crippen LogP contribution in [0.25, 0.3) is 87.6 Å². The molecule has 11 rings (SSSR count). The van der Waals surface area contributed by atoms with Crippen molar-refractivity contribution in [3.8, 4) is 33.4 Å². The number of thiophene rings is 1. The van der Waals surface area contributed by atoms with Gasteiger partial charge in [0.15, 0.2) is 0 Å². The SMILES string of the molecule is Cc1cscc1-c1c2ccccc2c(C2=CCCC3=C2CSc2cccc(-c4c5ccccc5c(-c5ccccc5)c5ccccc45)c23)c2ccccc12. The molecule has 0 saturated heterocycles. The van der Waals surface area contributed by atoms with Crippen molar-refractivity contribution in [2.75, 3.05) is 5.75 Å². The molecule has 54 heavy (non-hydrogen) atoms. The molecule has 0 radical (unpaired) electrons. The molecule has 0 unspecified atom stereocenters. The number of aryl methyl sites for hydroxylation is 1. The van der Waals surface area contributed by atoms with Gasteiger partial charge in [0.2, 0.25) is 0 Å². The summed E-state index contributed by atoms with van der Waals surface area (Å²) in [5.41, 5.74) is 16.5. The lowest BCUT2D eigenvalue weighted by atomic mass is 9.77. The molecular formula is C52H36S2. The summed E-state index contributed by atoms with van der Waals surface area (Å²) in [6.45, 7) is 2.25. The predicted molar refractivity (Wildman–Crippen MR) is 237 cm³/mol. The maximum absolute atomic E-state index is 2.55. The molecule has 2 aliphatic rings. The van der Waals surface area contributed by atoms with Gasteiger partial charge < -0.3 is 0 Å². The Balaban J connectivity index is 1.19. The van der Waals surface area contributed by atoms with E-state index in [2.05, 4.69) is 169 Å². The number of hydrogen-bond acceptors (Lipinski definition) is 2. The molecular weight excluding hydrogens is 689 g/mol. The fourth-order valence-electron chi connectivity index (χ4n) is 9.47. The number of benzene rings is 8. The van der Waals surface area contributed by atoms with Gasteiger partial charge in [-0.3, -0.25) is 0 Å². The third-order valence-corrected chi connectivity index (χ3v) is 13.7. The highest BCUT2D eigenvalue weighted by Crippen LogP contribution is 2.54. The van der Waals surface area contributed by atoms with Gasteiger partial charge in [-0.2, -0.15) is 11.3 Å². The van der Waals surface area contributed by atoms with E-state index in [1.807, 2.05) is 11.8 Å². The van der Waals surface area contributed by atoms with E-state index in [9.17, 15) is 0 Å². The first-order chi connectivity index (χ1) is 26.8. The fraction of sp³-hybridized carbons (Fsp3) is 0.0769. The van der Waals surface area contributed by atoms with Crippen molar-refractivity contribution < 1.29 is 0 Å². The summed E-state index contributed by atoms with van der Waals surface area (Å²) in [7, 11) is 0. The lowest BCUT2D eigenvalue weighted by Gasteiger charge is -2.31. The molecule has 1 aliphatic heterocycles. The monoisotopic (exact) mass is 724 g/mol. The molecule has 0 nitrogen and oxygen atoms in total. The van der Waals surface area contributed by atoms with Crippen LogP contribution in [0.2, 0.25) is 0 Å². The zero-order valence-corrected chi connectivity index (χ0v) is 31.7. The van der Waals surface area contributed by atoms with E-state index in [1.54, 1.807) is 11.3 Å². The molecule has 9 aromatic rings. The fourth-order valence-corrected chi connectivity index (χ4v) is 11.5. The van der Waals surface area contributed by atoms with Crippen molar-refractivity contribution in [3.63, 3.8) is 0 Å². The molecule has 256 valence electrons. The highest BCUT2D eigenvalue weighted by molar-refractivity contribution is 7.99. The molecule has 0 N–H and O–H groups in total. The van der Waals surface area contributed by atoms with Gasteiger partial charge >= 0.3 is 0 Å². The summed E-state index contributed by atoms with van der Waals surface area (Å²) in [6, 6.07) is 54.4. The summed E-state index contributed by atoms with van der Waals surface area (Å²) >= 11 is 3.81. The Kier molecular flexibility index (Phi) is 7.50. The van der Waals surface area contributed by atoms with Gasteiger partial charge in [0.1, 0.15) is 0 Å². The maximum Gasteiger partial charge on any atom is 0.0241 e. The molecule has 1 aliphatic carbocycles. The van der Waals surface area contributed by atoms with Gasteiger partial charge in [0.05, 0.1) is 0 Å². The Hall–Kier alpha value is -5.67. The van der Waals surface area contributed by atoms with E-state index in [-0.39, 0.29) is 0 Å². The van der Waals surface area contributed by atoms with Crippen LogP contribution >= 0.6 is 23.1 Å². The van der Waals surface area contributed by atoms with Gasteiger partial charge in [0.25, 0.3) is 0 Å².